The topological polar surface area (TPSA) is 105 Å². The Morgan fingerprint density at radius 1 is 1.19 bits per heavy atom. The number of aromatic nitrogens is 2. The summed E-state index contributed by atoms with van der Waals surface area (Å²) in [6.07, 6.45) is 1.89. The third-order valence-corrected chi connectivity index (χ3v) is 7.46. The Kier molecular flexibility index (Phi) is 6.22. The highest BCUT2D eigenvalue weighted by molar-refractivity contribution is 9.10. The molecule has 1 N–H and O–H groups in total. The van der Waals surface area contributed by atoms with Crippen LogP contribution in [0.5, 0.6) is 0 Å². The number of benzene rings is 2. The molecule has 0 bridgehead atoms. The molecular formula is C21H21BrN4O4S. The van der Waals surface area contributed by atoms with Gasteiger partial charge < -0.3 is 4.42 Å². The van der Waals surface area contributed by atoms with Gasteiger partial charge in [0, 0.05) is 28.7 Å². The molecule has 0 aliphatic carbocycles. The maximum absolute atomic E-state index is 12.9. The van der Waals surface area contributed by atoms with Crippen LogP contribution in [0.15, 0.2) is 62.3 Å². The summed E-state index contributed by atoms with van der Waals surface area (Å²) in [7, 11) is -3.57. The van der Waals surface area contributed by atoms with Crippen LogP contribution in [0.4, 0.5) is 6.01 Å². The van der Waals surface area contributed by atoms with Crippen molar-refractivity contribution in [3.63, 3.8) is 0 Å². The first kappa shape index (κ1) is 21.7. The molecule has 3 aromatic rings. The molecule has 1 aliphatic rings. The van der Waals surface area contributed by atoms with E-state index in [1.54, 1.807) is 0 Å². The summed E-state index contributed by atoms with van der Waals surface area (Å²) in [5, 5.41) is 10.3. The van der Waals surface area contributed by atoms with Crippen molar-refractivity contribution in [2.45, 2.75) is 24.7 Å². The van der Waals surface area contributed by atoms with E-state index in [0.29, 0.717) is 24.6 Å². The van der Waals surface area contributed by atoms with E-state index in [1.807, 2.05) is 24.3 Å². The zero-order valence-electron chi connectivity index (χ0n) is 16.8. The SMILES string of the molecule is CC1CCCN(S(=O)(=O)c2ccc(C(=O)Nc3nnc(-c4cccc(Br)c4)o3)cc2)C1. The second-order valence-electron chi connectivity index (χ2n) is 7.51. The smallest absolute Gasteiger partial charge is 0.322 e. The number of halogens is 1. The van der Waals surface area contributed by atoms with Gasteiger partial charge in [0.15, 0.2) is 0 Å². The van der Waals surface area contributed by atoms with Crippen LogP contribution in [0, 0.1) is 5.92 Å². The van der Waals surface area contributed by atoms with E-state index >= 15 is 0 Å². The van der Waals surface area contributed by atoms with Crippen molar-refractivity contribution in [3.8, 4) is 11.5 Å². The zero-order chi connectivity index (χ0) is 22.0. The van der Waals surface area contributed by atoms with Crippen molar-refractivity contribution < 1.29 is 17.6 Å². The van der Waals surface area contributed by atoms with E-state index in [-0.39, 0.29) is 22.4 Å². The minimum Gasteiger partial charge on any atom is -0.403 e. The maximum Gasteiger partial charge on any atom is 0.322 e. The fraction of sp³-hybridized carbons (Fsp3) is 0.286. The number of rotatable bonds is 5. The molecule has 1 atom stereocenters. The first-order chi connectivity index (χ1) is 14.8. The Morgan fingerprint density at radius 3 is 2.68 bits per heavy atom. The first-order valence-corrected chi connectivity index (χ1v) is 12.1. The summed E-state index contributed by atoms with van der Waals surface area (Å²) in [4.78, 5) is 12.7. The van der Waals surface area contributed by atoms with E-state index in [2.05, 4.69) is 38.4 Å². The van der Waals surface area contributed by atoms with Crippen molar-refractivity contribution in [3.05, 3.63) is 58.6 Å². The second-order valence-corrected chi connectivity index (χ2v) is 10.4. The standard InChI is InChI=1S/C21H21BrN4O4S/c1-14-4-3-11-26(13-14)31(28,29)18-9-7-15(8-10-18)19(27)23-21-25-24-20(30-21)16-5-2-6-17(22)12-16/h2,5-10,12,14H,3-4,11,13H2,1H3,(H,23,25,27). The number of nitrogens with one attached hydrogen (secondary N) is 1. The highest BCUT2D eigenvalue weighted by atomic mass is 79.9. The Hall–Kier alpha value is -2.56. The molecule has 1 saturated heterocycles. The average Bonchev–Trinajstić information content (AvgIpc) is 3.22. The zero-order valence-corrected chi connectivity index (χ0v) is 19.2. The minimum atomic E-state index is -3.57. The molecule has 1 fully saturated rings. The molecule has 8 nitrogen and oxygen atoms in total. The van der Waals surface area contributed by atoms with Crippen molar-refractivity contribution in [1.29, 1.82) is 0 Å². The summed E-state index contributed by atoms with van der Waals surface area (Å²) in [5.41, 5.74) is 0.997. The van der Waals surface area contributed by atoms with Crippen LogP contribution >= 0.6 is 15.9 Å². The van der Waals surface area contributed by atoms with Crippen LogP contribution in [0.1, 0.15) is 30.1 Å². The summed E-state index contributed by atoms with van der Waals surface area (Å²) in [6, 6.07) is 13.1. The van der Waals surface area contributed by atoms with Crippen LogP contribution in [-0.4, -0.2) is 41.9 Å². The fourth-order valence-electron chi connectivity index (χ4n) is 3.47. The quantitative estimate of drug-likeness (QED) is 0.558. The molecule has 2 heterocycles. The monoisotopic (exact) mass is 504 g/mol. The van der Waals surface area contributed by atoms with Gasteiger partial charge in [-0.25, -0.2) is 8.42 Å². The molecule has 1 unspecified atom stereocenters. The molecule has 10 heteroatoms. The van der Waals surface area contributed by atoms with Gasteiger partial charge in [-0.05, 0) is 61.2 Å². The molecule has 4 rings (SSSR count). The number of hydrogen-bond acceptors (Lipinski definition) is 6. The highest BCUT2D eigenvalue weighted by Gasteiger charge is 2.28. The largest absolute Gasteiger partial charge is 0.403 e. The number of piperidine rings is 1. The first-order valence-electron chi connectivity index (χ1n) is 9.84. The van der Waals surface area contributed by atoms with Gasteiger partial charge in [-0.3, -0.25) is 10.1 Å². The molecule has 162 valence electrons. The number of carbonyl (C=O) groups excluding carboxylic acids is 1. The number of carbonyl (C=O) groups is 1. The third kappa shape index (κ3) is 4.86. The number of hydrogen-bond donors (Lipinski definition) is 1. The Bertz CT molecular complexity index is 1190. The third-order valence-electron chi connectivity index (χ3n) is 5.09. The summed E-state index contributed by atoms with van der Waals surface area (Å²) >= 11 is 3.38. The molecule has 1 amide bonds. The van der Waals surface area contributed by atoms with E-state index in [4.69, 9.17) is 4.42 Å². The molecule has 0 spiro atoms. The second kappa shape index (κ2) is 8.89. The van der Waals surface area contributed by atoms with E-state index < -0.39 is 15.9 Å². The summed E-state index contributed by atoms with van der Waals surface area (Å²) < 4.78 is 33.6. The maximum atomic E-state index is 12.9. The lowest BCUT2D eigenvalue weighted by Crippen LogP contribution is -2.39. The average molecular weight is 505 g/mol. The van der Waals surface area contributed by atoms with E-state index in [0.717, 1.165) is 17.3 Å². The number of sulfonamides is 1. The molecule has 31 heavy (non-hydrogen) atoms. The van der Waals surface area contributed by atoms with Crippen LogP contribution in [-0.2, 0) is 10.0 Å². The molecule has 0 radical (unpaired) electrons. The van der Waals surface area contributed by atoms with Crippen LogP contribution in [0.2, 0.25) is 0 Å². The van der Waals surface area contributed by atoms with Crippen molar-refractivity contribution in [2.75, 3.05) is 18.4 Å². The predicted octanol–water partition coefficient (Wildman–Crippen LogP) is 4.17. The predicted molar refractivity (Wildman–Crippen MR) is 119 cm³/mol. The molecule has 1 aromatic heterocycles. The van der Waals surface area contributed by atoms with Crippen LogP contribution < -0.4 is 5.32 Å². The summed E-state index contributed by atoms with van der Waals surface area (Å²) in [6.45, 7) is 3.09. The van der Waals surface area contributed by atoms with Crippen molar-refractivity contribution >= 4 is 37.9 Å². The van der Waals surface area contributed by atoms with Gasteiger partial charge in [-0.1, -0.05) is 34.0 Å². The highest BCUT2D eigenvalue weighted by Crippen LogP contribution is 2.25. The normalized spacial score (nSPS) is 17.4. The van der Waals surface area contributed by atoms with Gasteiger partial charge in [0.2, 0.25) is 15.9 Å². The van der Waals surface area contributed by atoms with E-state index in [1.165, 1.54) is 28.6 Å². The molecule has 0 saturated carbocycles. The van der Waals surface area contributed by atoms with Crippen LogP contribution in [0.25, 0.3) is 11.5 Å². The summed E-state index contributed by atoms with van der Waals surface area (Å²) in [5.74, 6) is 0.138. The lowest BCUT2D eigenvalue weighted by Gasteiger charge is -2.30. The Labute approximate surface area is 188 Å². The van der Waals surface area contributed by atoms with Gasteiger partial charge in [0.05, 0.1) is 4.90 Å². The lowest BCUT2D eigenvalue weighted by molar-refractivity contribution is 0.102. The minimum absolute atomic E-state index is 0.0426. The molecule has 2 aromatic carbocycles. The lowest BCUT2D eigenvalue weighted by atomic mass is 10.0. The van der Waals surface area contributed by atoms with E-state index in [9.17, 15) is 13.2 Å². The van der Waals surface area contributed by atoms with Gasteiger partial charge in [-0.15, -0.1) is 5.10 Å². The van der Waals surface area contributed by atoms with Crippen molar-refractivity contribution in [1.82, 2.24) is 14.5 Å². The van der Waals surface area contributed by atoms with Gasteiger partial charge in [0.1, 0.15) is 0 Å². The number of amides is 1. The Morgan fingerprint density at radius 2 is 1.97 bits per heavy atom. The number of nitrogens with zero attached hydrogens (tertiary/aromatic N) is 3. The van der Waals surface area contributed by atoms with Crippen molar-refractivity contribution in [2.24, 2.45) is 5.92 Å². The van der Waals surface area contributed by atoms with Gasteiger partial charge in [-0.2, -0.15) is 4.31 Å². The Balaban J connectivity index is 1.45. The van der Waals surface area contributed by atoms with Crippen LogP contribution in [0.3, 0.4) is 0 Å². The fourth-order valence-corrected chi connectivity index (χ4v) is 5.47. The molecule has 1 aliphatic heterocycles. The van der Waals surface area contributed by atoms with Gasteiger partial charge in [0.25, 0.3) is 5.91 Å². The molecular weight excluding hydrogens is 484 g/mol. The van der Waals surface area contributed by atoms with Gasteiger partial charge >= 0.3 is 6.01 Å². The number of anilines is 1.